The van der Waals surface area contributed by atoms with Crippen molar-refractivity contribution in [1.82, 2.24) is 0 Å². The lowest BCUT2D eigenvalue weighted by atomic mass is 10.4. The first-order valence-electron chi connectivity index (χ1n) is 10.6. The summed E-state index contributed by atoms with van der Waals surface area (Å²) in [6, 6.07) is 10.3. The molecular weight excluding hydrogens is 525 g/mol. The Balaban J connectivity index is 4.10. The molecule has 0 aliphatic carbocycles. The molecule has 180 valence electrons. The molecule has 6 nitrogen and oxygen atoms in total. The van der Waals surface area contributed by atoms with E-state index in [1.807, 2.05) is 59.7 Å². The average molecular weight is 561 g/mol. The highest BCUT2D eigenvalue weighted by molar-refractivity contribution is 9.28. The van der Waals surface area contributed by atoms with Crippen LogP contribution < -0.4 is 5.19 Å². The summed E-state index contributed by atoms with van der Waals surface area (Å²) in [6.45, 7) is 14.6. The van der Waals surface area contributed by atoms with E-state index in [2.05, 4.69) is 23.8 Å². The second kappa shape index (κ2) is 15.8. The van der Waals surface area contributed by atoms with Crippen molar-refractivity contribution in [3.05, 3.63) is 30.3 Å². The predicted octanol–water partition coefficient (Wildman–Crippen LogP) is 4.97. The van der Waals surface area contributed by atoms with Crippen molar-refractivity contribution in [2.75, 3.05) is 39.6 Å². The van der Waals surface area contributed by atoms with Crippen LogP contribution in [0.1, 0.15) is 41.5 Å². The first-order chi connectivity index (χ1) is 15.0. The minimum atomic E-state index is -3.38. The summed E-state index contributed by atoms with van der Waals surface area (Å²) >= 11 is 4.42. The van der Waals surface area contributed by atoms with Gasteiger partial charge >= 0.3 is 22.9 Å². The fourth-order valence-electron chi connectivity index (χ4n) is 3.43. The van der Waals surface area contributed by atoms with Crippen LogP contribution in [0.4, 0.5) is 0 Å². The lowest BCUT2D eigenvalue weighted by Crippen LogP contribution is -2.87. The van der Waals surface area contributed by atoms with E-state index in [-0.39, 0.29) is 0 Å². The molecule has 0 aliphatic rings. The molecule has 0 aromatic heterocycles. The second-order valence-corrected chi connectivity index (χ2v) is 31.4. The van der Waals surface area contributed by atoms with E-state index in [1.165, 1.54) is 9.83 Å². The van der Waals surface area contributed by atoms with Crippen LogP contribution in [0.15, 0.2) is 30.3 Å². The van der Waals surface area contributed by atoms with Crippen molar-refractivity contribution in [3.63, 3.8) is 0 Å². The molecule has 1 rings (SSSR count). The van der Waals surface area contributed by atoms with Crippen LogP contribution in [0.2, 0.25) is 0 Å². The average Bonchev–Trinajstić information content (AvgIpc) is 2.76. The Morgan fingerprint density at radius 3 is 1.29 bits per heavy atom. The van der Waals surface area contributed by atoms with E-state index in [0.29, 0.717) is 39.6 Å². The zero-order valence-electron chi connectivity index (χ0n) is 19.3. The van der Waals surface area contributed by atoms with Crippen LogP contribution >= 0.6 is 41.6 Å². The number of hydrogen-bond donors (Lipinski definition) is 1. The van der Waals surface area contributed by atoms with E-state index in [1.54, 1.807) is 20.1 Å². The molecule has 0 saturated heterocycles. The normalized spacial score (nSPS) is 13.0. The van der Waals surface area contributed by atoms with Gasteiger partial charge in [-0.2, -0.15) is 0 Å². The van der Waals surface area contributed by atoms with Gasteiger partial charge in [-0.25, -0.2) is 0 Å². The molecule has 0 N–H and O–H groups in total. The summed E-state index contributed by atoms with van der Waals surface area (Å²) < 4.78 is 39.3. The van der Waals surface area contributed by atoms with Crippen LogP contribution in [0.25, 0.3) is 0 Å². The summed E-state index contributed by atoms with van der Waals surface area (Å²) in [5, 5.41) is 1.08. The standard InChI is InChI=1S/C18H36O6S4Si3/c1-7-19-30(20-8-2,21-9-3)29(28-27-26-25,18-16-14-13-15-17-18)31(22-10-4,23-11-5)24-12-6/h13-17,25H,7-12H2,1-6H3. The van der Waals surface area contributed by atoms with Crippen LogP contribution in [-0.4, -0.2) is 62.5 Å². The van der Waals surface area contributed by atoms with Crippen LogP contribution in [0.5, 0.6) is 0 Å². The summed E-state index contributed by atoms with van der Waals surface area (Å²) in [5.74, 6) is 0. The molecule has 0 heterocycles. The largest absolute Gasteiger partial charge is 0.495 e. The maximum atomic E-state index is 6.55. The molecule has 0 amide bonds. The van der Waals surface area contributed by atoms with Gasteiger partial charge in [0.25, 0.3) is 0 Å². The van der Waals surface area contributed by atoms with Crippen molar-refractivity contribution in [2.45, 2.75) is 41.5 Å². The molecular formula is C18H36O6S4Si3. The third-order valence-corrected chi connectivity index (χ3v) is 44.3. The third-order valence-electron chi connectivity index (χ3n) is 4.24. The van der Waals surface area contributed by atoms with Gasteiger partial charge in [0.1, 0.15) is 0 Å². The van der Waals surface area contributed by atoms with Gasteiger partial charge in [0.2, 0.25) is 0 Å². The maximum absolute atomic E-state index is 6.55. The maximum Gasteiger partial charge on any atom is 0.495 e. The Morgan fingerprint density at radius 2 is 1.00 bits per heavy atom. The molecule has 0 bridgehead atoms. The van der Waals surface area contributed by atoms with Crippen molar-refractivity contribution in [1.29, 1.82) is 0 Å². The second-order valence-electron chi connectivity index (χ2n) is 5.98. The van der Waals surface area contributed by atoms with Crippen molar-refractivity contribution < 1.29 is 26.6 Å². The first kappa shape index (κ1) is 30.1. The van der Waals surface area contributed by atoms with Crippen LogP contribution in [0, 0.1) is 0 Å². The van der Waals surface area contributed by atoms with E-state index in [0.717, 1.165) is 5.19 Å². The zero-order chi connectivity index (χ0) is 23.2. The van der Waals surface area contributed by atoms with Crippen molar-refractivity contribution in [3.8, 4) is 0 Å². The number of rotatable bonds is 18. The molecule has 13 heteroatoms. The Hall–Kier alpha value is 1.03. The minimum Gasteiger partial charge on any atom is -0.376 e. The van der Waals surface area contributed by atoms with E-state index >= 15 is 0 Å². The van der Waals surface area contributed by atoms with Gasteiger partial charge in [-0.1, -0.05) is 52.2 Å². The van der Waals surface area contributed by atoms with Crippen molar-refractivity contribution >= 4 is 69.6 Å². The smallest absolute Gasteiger partial charge is 0.376 e. The summed E-state index contributed by atoms with van der Waals surface area (Å²) in [5.41, 5.74) is 0. The highest BCUT2D eigenvalue weighted by atomic mass is 33.7. The Morgan fingerprint density at radius 1 is 0.645 bits per heavy atom. The number of hydrogen-bond acceptors (Lipinski definition) is 10. The van der Waals surface area contributed by atoms with Crippen LogP contribution in [-0.2, 0) is 26.6 Å². The summed E-state index contributed by atoms with van der Waals surface area (Å²) in [4.78, 5) is 0. The first-order valence-corrected chi connectivity index (χ1v) is 23.3. The van der Waals surface area contributed by atoms with Crippen molar-refractivity contribution in [2.24, 2.45) is 0 Å². The minimum absolute atomic E-state index is 0.460. The molecule has 0 unspecified atom stereocenters. The monoisotopic (exact) mass is 560 g/mol. The van der Waals surface area contributed by atoms with E-state index in [4.69, 9.17) is 26.6 Å². The van der Waals surface area contributed by atoms with Crippen LogP contribution in [0.3, 0.4) is 0 Å². The van der Waals surface area contributed by atoms with Gasteiger partial charge in [0.05, 0.1) is 0 Å². The highest BCUT2D eigenvalue weighted by Gasteiger charge is 2.82. The molecule has 1 aromatic carbocycles. The van der Waals surface area contributed by atoms with Gasteiger partial charge in [-0.05, 0) is 66.4 Å². The molecule has 31 heavy (non-hydrogen) atoms. The summed E-state index contributed by atoms with van der Waals surface area (Å²) in [7, 11) is -2.12. The fraction of sp³-hybridized carbons (Fsp3) is 0.667. The Bertz CT molecular complexity index is 545. The molecule has 0 atom stereocenters. The predicted molar refractivity (Wildman–Crippen MR) is 145 cm³/mol. The molecule has 0 aliphatic heterocycles. The van der Waals surface area contributed by atoms with Gasteiger partial charge in [-0.15, -0.1) is 0 Å². The number of benzene rings is 1. The zero-order valence-corrected chi connectivity index (χ0v) is 25.6. The van der Waals surface area contributed by atoms with E-state index < -0.39 is 22.9 Å². The quantitative estimate of drug-likeness (QED) is 0.152. The molecule has 0 spiro atoms. The van der Waals surface area contributed by atoms with Gasteiger partial charge in [-0.3, -0.25) is 0 Å². The lowest BCUT2D eigenvalue weighted by Gasteiger charge is -2.48. The topological polar surface area (TPSA) is 55.4 Å². The summed E-state index contributed by atoms with van der Waals surface area (Å²) in [6.07, 6.45) is -3.12. The number of thiol groups is 1. The molecule has 0 saturated carbocycles. The fourth-order valence-corrected chi connectivity index (χ4v) is 53.2. The highest BCUT2D eigenvalue weighted by Crippen LogP contribution is 2.51. The van der Waals surface area contributed by atoms with E-state index in [9.17, 15) is 0 Å². The lowest BCUT2D eigenvalue weighted by molar-refractivity contribution is 0.0791. The Kier molecular flexibility index (Phi) is 15.4. The molecule has 0 radical (unpaired) electrons. The Labute approximate surface area is 206 Å². The van der Waals surface area contributed by atoms with Gasteiger partial charge < -0.3 is 26.6 Å². The van der Waals surface area contributed by atoms with Gasteiger partial charge in [0.15, 0.2) is 0 Å². The van der Waals surface area contributed by atoms with Gasteiger partial charge in [0, 0.05) is 39.6 Å². The molecule has 1 aromatic rings. The third kappa shape index (κ3) is 6.80. The molecule has 0 fully saturated rings. The SMILES string of the molecule is CCO[Si](OCC)(OCC)[Si](SSSS)(c1ccccc1)[Si](OCC)(OCC)OCC.